The summed E-state index contributed by atoms with van der Waals surface area (Å²) in [6.45, 7) is 0. The third-order valence-corrected chi connectivity index (χ3v) is 4.82. The Hall–Kier alpha value is -1.06. The highest BCUT2D eigenvalue weighted by Crippen LogP contribution is 2.43. The number of aliphatic carboxylic acids is 2. The Labute approximate surface area is 107 Å². The van der Waals surface area contributed by atoms with Crippen molar-refractivity contribution in [3.63, 3.8) is 0 Å². The van der Waals surface area contributed by atoms with Crippen molar-refractivity contribution in [3.05, 3.63) is 0 Å². The van der Waals surface area contributed by atoms with E-state index in [0.717, 1.165) is 12.8 Å². The molecule has 0 radical (unpaired) electrons. The first-order valence-corrected chi connectivity index (χ1v) is 7.05. The predicted molar refractivity (Wildman–Crippen MR) is 66.2 cm³/mol. The van der Waals surface area contributed by atoms with E-state index in [-0.39, 0.29) is 17.8 Å². The van der Waals surface area contributed by atoms with Gasteiger partial charge in [-0.1, -0.05) is 32.1 Å². The molecule has 2 saturated carbocycles. The first-order valence-electron chi connectivity index (χ1n) is 7.05. The second kappa shape index (κ2) is 5.72. The average Bonchev–Trinajstić information content (AvgIpc) is 2.39. The van der Waals surface area contributed by atoms with Gasteiger partial charge in [0.2, 0.25) is 0 Å². The van der Waals surface area contributed by atoms with Gasteiger partial charge in [-0.05, 0) is 31.1 Å². The number of hydrogen-bond donors (Lipinski definition) is 2. The number of carbonyl (C=O) groups is 2. The molecule has 0 amide bonds. The Morgan fingerprint density at radius 2 is 1.50 bits per heavy atom. The summed E-state index contributed by atoms with van der Waals surface area (Å²) in [5.74, 6) is -1.61. The van der Waals surface area contributed by atoms with Crippen molar-refractivity contribution < 1.29 is 19.8 Å². The number of rotatable bonds is 3. The third-order valence-electron chi connectivity index (χ3n) is 4.82. The summed E-state index contributed by atoms with van der Waals surface area (Å²) in [6, 6.07) is 0. The van der Waals surface area contributed by atoms with Crippen LogP contribution in [0.25, 0.3) is 0 Å². The van der Waals surface area contributed by atoms with E-state index < -0.39 is 11.9 Å². The molecule has 2 fully saturated rings. The zero-order valence-electron chi connectivity index (χ0n) is 10.7. The molecule has 0 spiro atoms. The molecule has 18 heavy (non-hydrogen) atoms. The van der Waals surface area contributed by atoms with Crippen LogP contribution in [0.4, 0.5) is 0 Å². The molecule has 2 rings (SSSR count). The Morgan fingerprint density at radius 1 is 0.833 bits per heavy atom. The van der Waals surface area contributed by atoms with E-state index in [9.17, 15) is 14.7 Å². The van der Waals surface area contributed by atoms with E-state index in [1.165, 1.54) is 19.3 Å². The molecule has 0 aromatic carbocycles. The van der Waals surface area contributed by atoms with Crippen molar-refractivity contribution in [1.82, 2.24) is 0 Å². The highest BCUT2D eigenvalue weighted by atomic mass is 16.4. The van der Waals surface area contributed by atoms with Gasteiger partial charge < -0.3 is 10.2 Å². The maximum atomic E-state index is 11.3. The summed E-state index contributed by atoms with van der Waals surface area (Å²) in [6.07, 6.45) is 7.38. The summed E-state index contributed by atoms with van der Waals surface area (Å²) in [4.78, 5) is 22.4. The van der Waals surface area contributed by atoms with E-state index in [1.54, 1.807) is 0 Å². The maximum Gasteiger partial charge on any atom is 0.306 e. The molecule has 2 aliphatic carbocycles. The van der Waals surface area contributed by atoms with Gasteiger partial charge in [-0.15, -0.1) is 0 Å². The SMILES string of the molecule is O=C(O)C1CCC(C(=O)O)C(C2CCCCC2)C1. The summed E-state index contributed by atoms with van der Waals surface area (Å²) in [7, 11) is 0. The summed E-state index contributed by atoms with van der Waals surface area (Å²) in [5, 5.41) is 18.4. The van der Waals surface area contributed by atoms with E-state index in [2.05, 4.69) is 0 Å². The van der Waals surface area contributed by atoms with Crippen molar-refractivity contribution in [2.75, 3.05) is 0 Å². The van der Waals surface area contributed by atoms with Crippen LogP contribution in [0.3, 0.4) is 0 Å². The molecule has 0 aromatic heterocycles. The van der Waals surface area contributed by atoms with Gasteiger partial charge in [0.1, 0.15) is 0 Å². The summed E-state index contributed by atoms with van der Waals surface area (Å²) in [5.41, 5.74) is 0. The van der Waals surface area contributed by atoms with Gasteiger partial charge in [0, 0.05) is 0 Å². The van der Waals surface area contributed by atoms with Crippen LogP contribution in [0, 0.1) is 23.7 Å². The fourth-order valence-electron chi connectivity index (χ4n) is 3.82. The summed E-state index contributed by atoms with van der Waals surface area (Å²) < 4.78 is 0. The normalized spacial score (nSPS) is 34.1. The van der Waals surface area contributed by atoms with Crippen molar-refractivity contribution in [2.24, 2.45) is 23.7 Å². The van der Waals surface area contributed by atoms with Crippen LogP contribution < -0.4 is 0 Å². The Bertz CT molecular complexity index is 320. The second-order valence-corrected chi connectivity index (χ2v) is 5.85. The Kier molecular flexibility index (Phi) is 4.25. The van der Waals surface area contributed by atoms with Gasteiger partial charge in [-0.3, -0.25) is 9.59 Å². The average molecular weight is 254 g/mol. The van der Waals surface area contributed by atoms with Gasteiger partial charge in [0.25, 0.3) is 0 Å². The van der Waals surface area contributed by atoms with Gasteiger partial charge in [0.15, 0.2) is 0 Å². The topological polar surface area (TPSA) is 74.6 Å². The molecule has 0 aliphatic heterocycles. The molecule has 0 bridgehead atoms. The minimum Gasteiger partial charge on any atom is -0.481 e. The highest BCUT2D eigenvalue weighted by molar-refractivity contribution is 5.73. The first kappa shape index (κ1) is 13.4. The van der Waals surface area contributed by atoms with E-state index in [1.807, 2.05) is 0 Å². The number of carboxylic acids is 2. The maximum absolute atomic E-state index is 11.3. The van der Waals surface area contributed by atoms with Gasteiger partial charge in [-0.2, -0.15) is 0 Å². The lowest BCUT2D eigenvalue weighted by molar-refractivity contribution is -0.152. The van der Waals surface area contributed by atoms with Crippen molar-refractivity contribution in [3.8, 4) is 0 Å². The predicted octanol–water partition coefficient (Wildman–Crippen LogP) is 2.77. The third kappa shape index (κ3) is 2.85. The Balaban J connectivity index is 2.08. The lowest BCUT2D eigenvalue weighted by atomic mass is 9.65. The quantitative estimate of drug-likeness (QED) is 0.812. The van der Waals surface area contributed by atoms with E-state index in [0.29, 0.717) is 25.2 Å². The molecular weight excluding hydrogens is 232 g/mol. The van der Waals surface area contributed by atoms with E-state index in [4.69, 9.17) is 5.11 Å². The number of hydrogen-bond acceptors (Lipinski definition) is 2. The van der Waals surface area contributed by atoms with Crippen LogP contribution in [0.2, 0.25) is 0 Å². The molecular formula is C14H22O4. The standard InChI is InChI=1S/C14H22O4/c15-13(16)10-6-7-11(14(17)18)12(8-10)9-4-2-1-3-5-9/h9-12H,1-8H2,(H,15,16)(H,17,18). The monoisotopic (exact) mass is 254 g/mol. The minimum atomic E-state index is -0.750. The van der Waals surface area contributed by atoms with Crippen molar-refractivity contribution in [2.45, 2.75) is 51.4 Å². The molecule has 4 nitrogen and oxygen atoms in total. The molecule has 3 unspecified atom stereocenters. The summed E-state index contributed by atoms with van der Waals surface area (Å²) >= 11 is 0. The zero-order chi connectivity index (χ0) is 13.1. The van der Waals surface area contributed by atoms with Crippen LogP contribution in [0.15, 0.2) is 0 Å². The molecule has 0 heterocycles. The second-order valence-electron chi connectivity index (χ2n) is 5.85. The minimum absolute atomic E-state index is 0.0812. The molecule has 3 atom stereocenters. The molecule has 0 saturated heterocycles. The smallest absolute Gasteiger partial charge is 0.306 e. The molecule has 0 aromatic rings. The molecule has 102 valence electrons. The van der Waals surface area contributed by atoms with E-state index >= 15 is 0 Å². The van der Waals surface area contributed by atoms with Crippen LogP contribution in [0.5, 0.6) is 0 Å². The van der Waals surface area contributed by atoms with Crippen LogP contribution in [0.1, 0.15) is 51.4 Å². The Morgan fingerprint density at radius 3 is 2.06 bits per heavy atom. The van der Waals surface area contributed by atoms with Gasteiger partial charge in [0.05, 0.1) is 11.8 Å². The molecule has 2 aliphatic rings. The van der Waals surface area contributed by atoms with Crippen LogP contribution in [-0.4, -0.2) is 22.2 Å². The first-order chi connectivity index (χ1) is 8.59. The van der Waals surface area contributed by atoms with Crippen LogP contribution >= 0.6 is 0 Å². The lowest BCUT2D eigenvalue weighted by Gasteiger charge is -2.39. The van der Waals surface area contributed by atoms with Gasteiger partial charge >= 0.3 is 11.9 Å². The largest absolute Gasteiger partial charge is 0.481 e. The zero-order valence-corrected chi connectivity index (χ0v) is 10.7. The van der Waals surface area contributed by atoms with Gasteiger partial charge in [-0.25, -0.2) is 0 Å². The van der Waals surface area contributed by atoms with Crippen molar-refractivity contribution in [1.29, 1.82) is 0 Å². The van der Waals surface area contributed by atoms with Crippen molar-refractivity contribution >= 4 is 11.9 Å². The molecule has 2 N–H and O–H groups in total. The van der Waals surface area contributed by atoms with Crippen LogP contribution in [-0.2, 0) is 9.59 Å². The number of carboxylic acid groups (broad SMARTS) is 2. The molecule has 4 heteroatoms. The lowest BCUT2D eigenvalue weighted by Crippen LogP contribution is -2.38. The highest BCUT2D eigenvalue weighted by Gasteiger charge is 2.41. The fraction of sp³-hybridized carbons (Fsp3) is 0.857. The fourth-order valence-corrected chi connectivity index (χ4v) is 3.82.